The van der Waals surface area contributed by atoms with Gasteiger partial charge in [-0.25, -0.2) is 9.97 Å². The van der Waals surface area contributed by atoms with Crippen LogP contribution in [0.4, 0.5) is 11.4 Å². The van der Waals surface area contributed by atoms with Crippen LogP contribution in [-0.2, 0) is 0 Å². The van der Waals surface area contributed by atoms with Gasteiger partial charge in [0, 0.05) is 87.5 Å². The van der Waals surface area contributed by atoms with E-state index < -0.39 is 0 Å². The second kappa shape index (κ2) is 15.0. The lowest BCUT2D eigenvalue weighted by molar-refractivity contribution is 0.171. The van der Waals surface area contributed by atoms with Crippen molar-refractivity contribution in [3.63, 3.8) is 0 Å². The fourth-order valence-electron chi connectivity index (χ4n) is 7.35. The van der Waals surface area contributed by atoms with Crippen LogP contribution in [0.5, 0.6) is 23.0 Å². The molecular weight excluding hydrogens is 701 g/mol. The summed E-state index contributed by atoms with van der Waals surface area (Å²) in [5.74, 6) is 2.83. The molecule has 0 radical (unpaired) electrons. The van der Waals surface area contributed by atoms with Crippen molar-refractivity contribution < 1.29 is 18.9 Å². The van der Waals surface area contributed by atoms with Crippen LogP contribution in [0.1, 0.15) is 6.92 Å². The largest absolute Gasteiger partial charge is 0.486 e. The fraction of sp³-hybridized carbons (Fsp3) is 0.317. The van der Waals surface area contributed by atoms with Gasteiger partial charge >= 0.3 is 0 Å². The van der Waals surface area contributed by atoms with Crippen LogP contribution in [0.15, 0.2) is 94.8 Å². The van der Waals surface area contributed by atoms with E-state index in [1.54, 1.807) is 20.9 Å². The van der Waals surface area contributed by atoms with Crippen molar-refractivity contribution in [2.24, 2.45) is 0 Å². The molecule has 6 aromatic rings. The maximum Gasteiger partial charge on any atom is 0.258 e. The van der Waals surface area contributed by atoms with Crippen molar-refractivity contribution >= 4 is 22.7 Å². The van der Waals surface area contributed by atoms with Crippen LogP contribution >= 0.6 is 0 Å². The summed E-state index contributed by atoms with van der Waals surface area (Å²) in [4.78, 5) is 39.5. The van der Waals surface area contributed by atoms with Crippen molar-refractivity contribution in [2.45, 2.75) is 13.0 Å². The zero-order chi connectivity index (χ0) is 37.3. The van der Waals surface area contributed by atoms with Crippen LogP contribution in [0.3, 0.4) is 0 Å². The average molecular weight is 743 g/mol. The molecule has 2 N–H and O–H groups in total. The first-order valence-electron chi connectivity index (χ1n) is 18.8. The highest BCUT2D eigenvalue weighted by Gasteiger charge is 2.19. The summed E-state index contributed by atoms with van der Waals surface area (Å²) in [6.45, 7) is 10.9. The normalized spacial score (nSPS) is 17.8. The third-order valence-electron chi connectivity index (χ3n) is 10.2. The molecule has 4 aliphatic rings. The van der Waals surface area contributed by atoms with Crippen LogP contribution in [-0.4, -0.2) is 97.1 Å². The predicted octanol–water partition coefficient (Wildman–Crippen LogP) is 3.47. The maximum absolute atomic E-state index is 12.8. The van der Waals surface area contributed by atoms with Crippen molar-refractivity contribution in [3.05, 3.63) is 106 Å². The van der Waals surface area contributed by atoms with E-state index >= 15 is 0 Å². The smallest absolute Gasteiger partial charge is 0.258 e. The standard InChI is InChI=1S/C21H22N4O3.C20H20N4O3/c1-14-12-24(7-6-22-14)16-3-5-20-23-17(11-21(26)25(20)13-16)15-2-4-18-19(10-15)28-9-8-27-18;25-20-12-16(14-1-3-17-18(11-14)27-10-9-26-17)22-19-4-2-15(13-24(19)20)23-7-5-21-6-8-23/h2-5,10-11,13-14,22H,6-9,12H2,1H3;1-4,11-13,21H,5-10H2/t14-;/m0./s1. The molecule has 1 atom stereocenters. The van der Waals surface area contributed by atoms with Crippen molar-refractivity contribution in [2.75, 3.05) is 82.0 Å². The van der Waals surface area contributed by atoms with Crippen molar-refractivity contribution in [1.29, 1.82) is 0 Å². The summed E-state index contributed by atoms with van der Waals surface area (Å²) >= 11 is 0. The van der Waals surface area contributed by atoms with Gasteiger partial charge in [-0.15, -0.1) is 0 Å². The molecule has 0 spiro atoms. The SMILES string of the molecule is C[C@H]1CN(c2ccc3nc(-c4ccc5c(c4)OCCO5)cc(=O)n3c2)CCN1.O=c1cc(-c2ccc3c(c2)OCCO3)nc2ccc(N3CCNCC3)cn12. The van der Waals surface area contributed by atoms with Gasteiger partial charge in [0.1, 0.15) is 37.7 Å². The van der Waals surface area contributed by atoms with Gasteiger partial charge in [-0.05, 0) is 67.6 Å². The minimum Gasteiger partial charge on any atom is -0.486 e. The number of hydrogen-bond acceptors (Lipinski definition) is 12. The monoisotopic (exact) mass is 742 g/mol. The molecule has 0 aliphatic carbocycles. The van der Waals surface area contributed by atoms with Gasteiger partial charge in [-0.2, -0.15) is 0 Å². The number of ether oxygens (including phenoxy) is 4. The van der Waals surface area contributed by atoms with Gasteiger partial charge in [-0.3, -0.25) is 18.4 Å². The van der Waals surface area contributed by atoms with E-state index in [9.17, 15) is 9.59 Å². The highest BCUT2D eigenvalue weighted by molar-refractivity contribution is 5.68. The van der Waals surface area contributed by atoms with Crippen LogP contribution < -0.4 is 50.5 Å². The summed E-state index contributed by atoms with van der Waals surface area (Å²) in [5, 5.41) is 6.77. The third kappa shape index (κ3) is 7.25. The van der Waals surface area contributed by atoms with E-state index in [4.69, 9.17) is 23.9 Å². The molecule has 10 rings (SSSR count). The van der Waals surface area contributed by atoms with Crippen LogP contribution in [0.25, 0.3) is 33.8 Å². The first-order valence-corrected chi connectivity index (χ1v) is 18.8. The Balaban J connectivity index is 0.000000144. The number of nitrogens with one attached hydrogen (secondary N) is 2. The lowest BCUT2D eigenvalue weighted by Gasteiger charge is -2.33. The number of pyridine rings is 2. The molecule has 0 amide bonds. The number of benzene rings is 2. The van der Waals surface area contributed by atoms with E-state index in [2.05, 4.69) is 32.3 Å². The Morgan fingerprint density at radius 1 is 0.582 bits per heavy atom. The molecule has 282 valence electrons. The van der Waals surface area contributed by atoms with E-state index in [0.29, 0.717) is 66.7 Å². The average Bonchev–Trinajstić information content (AvgIpc) is 3.23. The van der Waals surface area contributed by atoms with E-state index in [-0.39, 0.29) is 11.1 Å². The maximum atomic E-state index is 12.8. The minimum atomic E-state index is -0.0973. The number of rotatable bonds is 4. The van der Waals surface area contributed by atoms with Gasteiger partial charge in [-0.1, -0.05) is 0 Å². The summed E-state index contributed by atoms with van der Waals surface area (Å²) in [6, 6.07) is 22.7. The zero-order valence-corrected chi connectivity index (χ0v) is 30.6. The first-order chi connectivity index (χ1) is 26.9. The van der Waals surface area contributed by atoms with E-state index in [1.165, 1.54) is 0 Å². The molecule has 14 nitrogen and oxygen atoms in total. The zero-order valence-electron chi connectivity index (χ0n) is 30.6. The number of hydrogen-bond donors (Lipinski definition) is 2. The fourth-order valence-corrected chi connectivity index (χ4v) is 7.35. The number of fused-ring (bicyclic) bond motifs is 4. The number of nitrogens with zero attached hydrogens (tertiary/aromatic N) is 6. The summed E-state index contributed by atoms with van der Waals surface area (Å²) < 4.78 is 25.6. The Morgan fingerprint density at radius 3 is 1.60 bits per heavy atom. The van der Waals surface area contributed by atoms with Gasteiger partial charge in [0.25, 0.3) is 11.1 Å². The molecule has 2 aromatic carbocycles. The Bertz CT molecular complexity index is 2500. The lowest BCUT2D eigenvalue weighted by Crippen LogP contribution is -2.49. The topological polar surface area (TPSA) is 136 Å². The molecule has 55 heavy (non-hydrogen) atoms. The predicted molar refractivity (Wildman–Crippen MR) is 211 cm³/mol. The third-order valence-corrected chi connectivity index (χ3v) is 10.2. The lowest BCUT2D eigenvalue weighted by atomic mass is 10.1. The molecular formula is C41H42N8O6. The summed E-state index contributed by atoms with van der Waals surface area (Å²) in [7, 11) is 0. The van der Waals surface area contributed by atoms with Gasteiger partial charge in [0.05, 0.1) is 22.8 Å². The van der Waals surface area contributed by atoms with E-state index in [0.717, 1.165) is 79.8 Å². The molecule has 8 heterocycles. The highest BCUT2D eigenvalue weighted by atomic mass is 16.6. The summed E-state index contributed by atoms with van der Waals surface area (Å²) in [5.41, 5.74) is 6.08. The van der Waals surface area contributed by atoms with E-state index in [1.807, 2.05) is 73.1 Å². The molecule has 0 saturated carbocycles. The molecule has 14 heteroatoms. The van der Waals surface area contributed by atoms with Crippen molar-refractivity contribution in [3.8, 4) is 45.5 Å². The Kier molecular flexibility index (Phi) is 9.42. The second-order valence-electron chi connectivity index (χ2n) is 13.9. The van der Waals surface area contributed by atoms with Crippen LogP contribution in [0.2, 0.25) is 0 Å². The minimum absolute atomic E-state index is 0.0955. The van der Waals surface area contributed by atoms with Gasteiger partial charge < -0.3 is 39.4 Å². The molecule has 0 bridgehead atoms. The summed E-state index contributed by atoms with van der Waals surface area (Å²) in [6.07, 6.45) is 3.76. The van der Waals surface area contributed by atoms with Crippen LogP contribution in [0, 0.1) is 0 Å². The molecule has 2 fully saturated rings. The Hall–Kier alpha value is -6.12. The quantitative estimate of drug-likeness (QED) is 0.274. The number of piperazine rings is 2. The van der Waals surface area contributed by atoms with Gasteiger partial charge in [0.15, 0.2) is 23.0 Å². The highest BCUT2D eigenvalue weighted by Crippen LogP contribution is 2.35. The Morgan fingerprint density at radius 2 is 1.07 bits per heavy atom. The molecule has 0 unspecified atom stereocenters. The second-order valence-corrected chi connectivity index (χ2v) is 13.9. The molecule has 4 aliphatic heterocycles. The van der Waals surface area contributed by atoms with Gasteiger partial charge in [0.2, 0.25) is 0 Å². The Labute approximate surface area is 316 Å². The first kappa shape index (κ1) is 34.6. The molecule has 4 aromatic heterocycles. The van der Waals surface area contributed by atoms with Crippen molar-refractivity contribution in [1.82, 2.24) is 29.4 Å². The number of anilines is 2. The molecule has 2 saturated heterocycles. The number of aromatic nitrogens is 4.